The molecule has 1 amide bonds. The molecule has 0 aliphatic heterocycles. The second kappa shape index (κ2) is 8.21. The number of carbonyl (C=O) groups excluding carboxylic acids is 1. The Morgan fingerprint density at radius 1 is 1.14 bits per heavy atom. The van der Waals surface area contributed by atoms with E-state index in [1.165, 1.54) is 0 Å². The molecule has 0 aromatic carbocycles. The van der Waals surface area contributed by atoms with Crippen LogP contribution in [-0.4, -0.2) is 42.4 Å². The van der Waals surface area contributed by atoms with Crippen LogP contribution in [0.25, 0.3) is 0 Å². The van der Waals surface area contributed by atoms with Crippen molar-refractivity contribution in [2.45, 2.75) is 50.7 Å². The normalized spacial score (nSPS) is 24.0. The molecule has 0 aromatic rings. The molecule has 21 heavy (non-hydrogen) atoms. The maximum Gasteiger partial charge on any atom is 0.411 e. The predicted octanol–water partition coefficient (Wildman–Crippen LogP) is 2.11. The van der Waals surface area contributed by atoms with Gasteiger partial charge in [0.1, 0.15) is 13.2 Å². The smallest absolute Gasteiger partial charge is 0.411 e. The third-order valence-electron chi connectivity index (χ3n) is 3.43. The molecule has 122 valence electrons. The highest BCUT2D eigenvalue weighted by molar-refractivity contribution is 5.79. The summed E-state index contributed by atoms with van der Waals surface area (Å²) in [6.07, 6.45) is -0.0236. The summed E-state index contributed by atoms with van der Waals surface area (Å²) in [6.45, 7) is -2.21. The number of rotatable bonds is 5. The molecule has 1 rings (SSSR count). The molecular weight excluding hydrogens is 291 g/mol. The van der Waals surface area contributed by atoms with E-state index in [1.807, 2.05) is 0 Å². The van der Waals surface area contributed by atoms with Crippen molar-refractivity contribution in [1.29, 1.82) is 0 Å². The standard InChI is InChI=1S/C13H20F3NO4/c14-13(15,16)8-21-7-11(18)17-10-6-4-2-1-3-5-9(10)12(19)20/h9-10H,1-8H2,(H,17,18)(H,19,20). The number of carboxylic acid groups (broad SMARTS) is 1. The average molecular weight is 311 g/mol. The molecule has 0 aromatic heterocycles. The van der Waals surface area contributed by atoms with Crippen molar-refractivity contribution in [3.05, 3.63) is 0 Å². The van der Waals surface area contributed by atoms with Crippen molar-refractivity contribution < 1.29 is 32.6 Å². The van der Waals surface area contributed by atoms with Crippen molar-refractivity contribution in [3.63, 3.8) is 0 Å². The van der Waals surface area contributed by atoms with E-state index < -0.39 is 43.2 Å². The van der Waals surface area contributed by atoms with E-state index in [1.54, 1.807) is 0 Å². The van der Waals surface area contributed by atoms with E-state index in [0.29, 0.717) is 12.8 Å². The van der Waals surface area contributed by atoms with E-state index in [9.17, 15) is 27.9 Å². The van der Waals surface area contributed by atoms with Gasteiger partial charge < -0.3 is 15.2 Å². The number of ether oxygens (including phenoxy) is 1. The summed E-state index contributed by atoms with van der Waals surface area (Å²) in [4.78, 5) is 22.8. The van der Waals surface area contributed by atoms with Crippen molar-refractivity contribution in [1.82, 2.24) is 5.32 Å². The van der Waals surface area contributed by atoms with Crippen LogP contribution >= 0.6 is 0 Å². The highest BCUT2D eigenvalue weighted by Crippen LogP contribution is 2.23. The molecule has 1 fully saturated rings. The van der Waals surface area contributed by atoms with E-state index in [-0.39, 0.29) is 0 Å². The maximum atomic E-state index is 11.9. The maximum absolute atomic E-state index is 11.9. The van der Waals surface area contributed by atoms with Crippen LogP contribution in [-0.2, 0) is 14.3 Å². The summed E-state index contributed by atoms with van der Waals surface area (Å²) >= 11 is 0. The molecular formula is C13H20F3NO4. The van der Waals surface area contributed by atoms with Gasteiger partial charge in [-0.05, 0) is 12.8 Å². The minimum atomic E-state index is -4.48. The molecule has 1 aliphatic carbocycles. The Kier molecular flexibility index (Phi) is 6.94. The summed E-state index contributed by atoms with van der Waals surface area (Å²) in [6, 6.07) is -0.551. The first kappa shape index (κ1) is 17.7. The lowest BCUT2D eigenvalue weighted by Crippen LogP contribution is -2.45. The number of carbonyl (C=O) groups is 2. The van der Waals surface area contributed by atoms with Gasteiger partial charge >= 0.3 is 12.1 Å². The Labute approximate surface area is 120 Å². The molecule has 1 aliphatic rings. The van der Waals surface area contributed by atoms with Gasteiger partial charge in [-0.1, -0.05) is 25.7 Å². The quantitative estimate of drug-likeness (QED) is 0.815. The topological polar surface area (TPSA) is 75.6 Å². The number of amides is 1. The van der Waals surface area contributed by atoms with Crippen LogP contribution < -0.4 is 5.32 Å². The van der Waals surface area contributed by atoms with Crippen LogP contribution in [0.2, 0.25) is 0 Å². The molecule has 2 unspecified atom stereocenters. The zero-order valence-corrected chi connectivity index (χ0v) is 11.6. The van der Waals surface area contributed by atoms with Crippen molar-refractivity contribution >= 4 is 11.9 Å². The van der Waals surface area contributed by atoms with E-state index in [4.69, 9.17) is 0 Å². The summed E-state index contributed by atoms with van der Waals surface area (Å²) in [5.41, 5.74) is 0. The lowest BCUT2D eigenvalue weighted by Gasteiger charge is -2.27. The van der Waals surface area contributed by atoms with Crippen molar-refractivity contribution in [3.8, 4) is 0 Å². The number of nitrogens with one attached hydrogen (secondary N) is 1. The molecule has 2 atom stereocenters. The van der Waals surface area contributed by atoms with Crippen molar-refractivity contribution in [2.75, 3.05) is 13.2 Å². The van der Waals surface area contributed by atoms with E-state index in [2.05, 4.69) is 10.1 Å². The second-order valence-electron chi connectivity index (χ2n) is 5.22. The van der Waals surface area contributed by atoms with Gasteiger partial charge in [0, 0.05) is 6.04 Å². The zero-order valence-electron chi connectivity index (χ0n) is 11.6. The lowest BCUT2D eigenvalue weighted by atomic mass is 9.87. The van der Waals surface area contributed by atoms with Crippen LogP contribution in [0.5, 0.6) is 0 Å². The van der Waals surface area contributed by atoms with E-state index in [0.717, 1.165) is 25.7 Å². The van der Waals surface area contributed by atoms with E-state index >= 15 is 0 Å². The molecule has 8 heteroatoms. The third kappa shape index (κ3) is 7.31. The molecule has 2 N–H and O–H groups in total. The van der Waals surface area contributed by atoms with Crippen LogP contribution in [0, 0.1) is 5.92 Å². The van der Waals surface area contributed by atoms with Gasteiger partial charge in [-0.2, -0.15) is 13.2 Å². The SMILES string of the molecule is O=C(COCC(F)(F)F)NC1CCCCCCC1C(=O)O. The van der Waals surface area contributed by atoms with Crippen LogP contribution in [0.3, 0.4) is 0 Å². The van der Waals surface area contributed by atoms with Gasteiger partial charge in [0.2, 0.25) is 5.91 Å². The minimum Gasteiger partial charge on any atom is -0.481 e. The van der Waals surface area contributed by atoms with Gasteiger partial charge in [-0.25, -0.2) is 0 Å². The summed E-state index contributed by atoms with van der Waals surface area (Å²) in [5.74, 6) is -2.40. The Bertz CT molecular complexity index is 360. The Morgan fingerprint density at radius 2 is 1.76 bits per heavy atom. The molecule has 5 nitrogen and oxygen atoms in total. The van der Waals surface area contributed by atoms with Gasteiger partial charge in [-0.3, -0.25) is 9.59 Å². The van der Waals surface area contributed by atoms with Crippen LogP contribution in [0.15, 0.2) is 0 Å². The van der Waals surface area contributed by atoms with Gasteiger partial charge in [0.15, 0.2) is 0 Å². The average Bonchev–Trinajstić information content (AvgIpc) is 2.30. The largest absolute Gasteiger partial charge is 0.481 e. The summed E-state index contributed by atoms with van der Waals surface area (Å²) in [5, 5.41) is 11.7. The summed E-state index contributed by atoms with van der Waals surface area (Å²) in [7, 11) is 0. The Morgan fingerprint density at radius 3 is 2.33 bits per heavy atom. The number of alkyl halides is 3. The van der Waals surface area contributed by atoms with Gasteiger partial charge in [0.25, 0.3) is 0 Å². The first-order valence-corrected chi connectivity index (χ1v) is 6.96. The van der Waals surface area contributed by atoms with Crippen LogP contribution in [0.1, 0.15) is 38.5 Å². The molecule has 0 heterocycles. The first-order valence-electron chi connectivity index (χ1n) is 6.96. The number of halogens is 3. The fourth-order valence-electron chi connectivity index (χ4n) is 2.46. The zero-order chi connectivity index (χ0) is 15.9. The van der Waals surface area contributed by atoms with Crippen molar-refractivity contribution in [2.24, 2.45) is 5.92 Å². The number of hydrogen-bond acceptors (Lipinski definition) is 3. The van der Waals surface area contributed by atoms with Gasteiger partial charge in [0.05, 0.1) is 5.92 Å². The molecule has 1 saturated carbocycles. The van der Waals surface area contributed by atoms with Crippen LogP contribution in [0.4, 0.5) is 13.2 Å². The highest BCUT2D eigenvalue weighted by atomic mass is 19.4. The minimum absolute atomic E-state index is 0.462. The molecule has 0 saturated heterocycles. The lowest BCUT2D eigenvalue weighted by molar-refractivity contribution is -0.175. The Balaban J connectivity index is 2.47. The fraction of sp³-hybridized carbons (Fsp3) is 0.846. The second-order valence-corrected chi connectivity index (χ2v) is 5.22. The Hall–Kier alpha value is -1.31. The summed E-state index contributed by atoms with van der Waals surface area (Å²) < 4.78 is 40.0. The highest BCUT2D eigenvalue weighted by Gasteiger charge is 2.31. The predicted molar refractivity (Wildman–Crippen MR) is 67.6 cm³/mol. The monoisotopic (exact) mass is 311 g/mol. The van der Waals surface area contributed by atoms with Gasteiger partial charge in [-0.15, -0.1) is 0 Å². The molecule has 0 spiro atoms. The third-order valence-corrected chi connectivity index (χ3v) is 3.43. The number of carboxylic acids is 1. The first-order chi connectivity index (χ1) is 9.79. The fourth-order valence-corrected chi connectivity index (χ4v) is 2.46. The molecule has 0 bridgehead atoms. The molecule has 0 radical (unpaired) electrons. The number of aliphatic carboxylic acids is 1. The number of hydrogen-bond donors (Lipinski definition) is 2.